The van der Waals surface area contributed by atoms with Crippen LogP contribution in [0, 0.1) is 0 Å². The van der Waals surface area contributed by atoms with Gasteiger partial charge in [0.05, 0.1) is 0 Å². The van der Waals surface area contributed by atoms with E-state index in [0.717, 1.165) is 0 Å². The number of hydrogen-bond acceptors (Lipinski definition) is 3. The normalized spacial score (nSPS) is 17.6. The summed E-state index contributed by atoms with van der Waals surface area (Å²) < 4.78 is 45.7. The molecule has 0 bridgehead atoms. The molecule has 1 heterocycles. The van der Waals surface area contributed by atoms with Gasteiger partial charge in [0.15, 0.2) is 0 Å². The fraction of sp³-hybridized carbons (Fsp3) is 0.500. The van der Waals surface area contributed by atoms with Crippen molar-refractivity contribution in [2.45, 2.75) is 29.3 Å². The molecule has 1 rings (SSSR count). The summed E-state index contributed by atoms with van der Waals surface area (Å²) in [6, 6.07) is 0. The fourth-order valence-corrected chi connectivity index (χ4v) is 1.88. The van der Waals surface area contributed by atoms with Gasteiger partial charge < -0.3 is 0 Å². The summed E-state index contributed by atoms with van der Waals surface area (Å²) in [6.45, 7) is 1.77. The Labute approximate surface area is 103 Å². The van der Waals surface area contributed by atoms with Crippen molar-refractivity contribution >= 4 is 20.9 Å². The molecule has 0 aromatic heterocycles. The van der Waals surface area contributed by atoms with Gasteiger partial charge in [0, 0.05) is 0 Å². The van der Waals surface area contributed by atoms with Gasteiger partial charge in [-0.1, -0.05) is 0 Å². The van der Waals surface area contributed by atoms with E-state index in [2.05, 4.69) is 0 Å². The van der Waals surface area contributed by atoms with E-state index in [1.165, 1.54) is 24.7 Å². The van der Waals surface area contributed by atoms with Crippen molar-refractivity contribution in [2.24, 2.45) is 0 Å². The fourth-order valence-electron chi connectivity index (χ4n) is 1.17. The first kappa shape index (κ1) is 14.1. The van der Waals surface area contributed by atoms with E-state index in [0.29, 0.717) is 6.42 Å². The average Bonchev–Trinajstić information content (AvgIpc) is 2.27. The Morgan fingerprint density at radius 2 is 2.00 bits per heavy atom. The third-order valence-electron chi connectivity index (χ3n) is 2.07. The Balaban J connectivity index is 2.52. The molecule has 0 aromatic rings. The van der Waals surface area contributed by atoms with Crippen LogP contribution in [-0.2, 0) is 14.3 Å². The van der Waals surface area contributed by atoms with Crippen LogP contribution in [0.2, 0.25) is 5.32 Å². The van der Waals surface area contributed by atoms with Crippen LogP contribution in [0.1, 0.15) is 13.3 Å². The van der Waals surface area contributed by atoms with Crippen molar-refractivity contribution in [1.29, 1.82) is 0 Å². The summed E-state index contributed by atoms with van der Waals surface area (Å²) >= 11 is -1.74. The molecule has 0 saturated carbocycles. The van der Waals surface area contributed by atoms with E-state index in [-0.39, 0.29) is 0 Å². The van der Waals surface area contributed by atoms with E-state index >= 15 is 0 Å². The topological polar surface area (TPSA) is 35.5 Å². The molecule has 0 atom stereocenters. The molecule has 0 aliphatic carbocycles. The van der Waals surface area contributed by atoms with Crippen molar-refractivity contribution < 1.29 is 27.4 Å². The van der Waals surface area contributed by atoms with E-state index in [9.17, 15) is 18.0 Å². The Kier molecular flexibility index (Phi) is 4.65. The van der Waals surface area contributed by atoms with Crippen molar-refractivity contribution in [3.05, 3.63) is 24.7 Å². The number of rotatable bonds is 4. The number of esters is 1. The zero-order valence-corrected chi connectivity index (χ0v) is 10.7. The zero-order valence-electron chi connectivity index (χ0n) is 8.99. The Morgan fingerprint density at radius 3 is 2.47 bits per heavy atom. The maximum atomic E-state index is 11.9. The summed E-state index contributed by atoms with van der Waals surface area (Å²) in [7, 11) is 0. The summed E-state index contributed by atoms with van der Waals surface area (Å²) in [5, 5.41) is -4.90. The van der Waals surface area contributed by atoms with Crippen LogP contribution >= 0.6 is 0 Å². The molecule has 7 heteroatoms. The Hall–Kier alpha value is -0.941. The molecular formula is C10H11F3O3Se. The summed E-state index contributed by atoms with van der Waals surface area (Å²) in [4.78, 5) is 11.3. The molecule has 1 aliphatic rings. The van der Waals surface area contributed by atoms with E-state index in [1.807, 2.05) is 0 Å². The number of carbonyl (C=O) groups is 1. The Morgan fingerprint density at radius 1 is 1.41 bits per heavy atom. The van der Waals surface area contributed by atoms with Gasteiger partial charge in [0.2, 0.25) is 0 Å². The molecule has 1 aliphatic heterocycles. The van der Waals surface area contributed by atoms with Crippen LogP contribution in [0.5, 0.6) is 0 Å². The second-order valence-electron chi connectivity index (χ2n) is 3.26. The first-order valence-electron chi connectivity index (χ1n) is 4.80. The Bertz CT molecular complexity index is 324. The molecular weight excluding hydrogens is 304 g/mol. The van der Waals surface area contributed by atoms with Crippen LogP contribution in [0.3, 0.4) is 0 Å². The van der Waals surface area contributed by atoms with Crippen LogP contribution in [0.15, 0.2) is 24.7 Å². The average molecular weight is 315 g/mol. The molecule has 0 unspecified atom stereocenters. The van der Waals surface area contributed by atoms with Crippen LogP contribution < -0.4 is 0 Å². The quantitative estimate of drug-likeness (QED) is 0.590. The molecule has 17 heavy (non-hydrogen) atoms. The van der Waals surface area contributed by atoms with Gasteiger partial charge in [-0.15, -0.1) is 0 Å². The second kappa shape index (κ2) is 5.60. The molecule has 0 spiro atoms. The third-order valence-corrected chi connectivity index (χ3v) is 3.55. The number of halogens is 3. The van der Waals surface area contributed by atoms with Gasteiger partial charge in [-0.3, -0.25) is 0 Å². The molecule has 0 amide bonds. The molecule has 0 aromatic carbocycles. The number of alkyl halides is 3. The third kappa shape index (κ3) is 4.83. The monoisotopic (exact) mass is 316 g/mol. The molecule has 0 saturated heterocycles. The first-order valence-corrected chi connectivity index (χ1v) is 6.87. The number of carbonyl (C=O) groups excluding carboxylic acids is 1. The minimum absolute atomic E-state index is 0.439. The van der Waals surface area contributed by atoms with E-state index in [4.69, 9.17) is 9.47 Å². The summed E-state index contributed by atoms with van der Waals surface area (Å²) in [5.41, 5.74) is -0.975. The molecule has 0 fully saturated rings. The van der Waals surface area contributed by atoms with Crippen molar-refractivity contribution in [3.63, 3.8) is 0 Å². The summed E-state index contributed by atoms with van der Waals surface area (Å²) in [5.74, 6) is -0.847. The van der Waals surface area contributed by atoms with Crippen molar-refractivity contribution in [1.82, 2.24) is 0 Å². The summed E-state index contributed by atoms with van der Waals surface area (Å²) in [6.07, 6.45) is 6.13. The SMILES string of the molecule is CCC1(OC(=O)C[Se]C(F)(F)F)C=COC=C1. The van der Waals surface area contributed by atoms with Gasteiger partial charge in [-0.2, -0.15) is 0 Å². The number of ether oxygens (including phenoxy) is 2. The van der Waals surface area contributed by atoms with Crippen molar-refractivity contribution in [2.75, 3.05) is 0 Å². The molecule has 0 N–H and O–H groups in total. The van der Waals surface area contributed by atoms with Crippen LogP contribution in [-0.4, -0.2) is 31.6 Å². The second-order valence-corrected chi connectivity index (χ2v) is 5.44. The van der Waals surface area contributed by atoms with Gasteiger partial charge in [-0.25, -0.2) is 0 Å². The minimum atomic E-state index is -4.28. The van der Waals surface area contributed by atoms with Crippen molar-refractivity contribution in [3.8, 4) is 0 Å². The van der Waals surface area contributed by atoms with Crippen LogP contribution in [0.25, 0.3) is 0 Å². The van der Waals surface area contributed by atoms with Gasteiger partial charge in [0.1, 0.15) is 0 Å². The van der Waals surface area contributed by atoms with Crippen LogP contribution in [0.4, 0.5) is 13.2 Å². The van der Waals surface area contributed by atoms with Gasteiger partial charge >= 0.3 is 102 Å². The number of hydrogen-bond donors (Lipinski definition) is 0. The first-order chi connectivity index (χ1) is 7.87. The predicted molar refractivity (Wildman–Crippen MR) is 55.1 cm³/mol. The predicted octanol–water partition coefficient (Wildman–Crippen LogP) is 2.38. The van der Waals surface area contributed by atoms with E-state index in [1.54, 1.807) is 6.92 Å². The maximum absolute atomic E-state index is 11.9. The zero-order chi connectivity index (χ0) is 12.9. The molecule has 0 radical (unpaired) electrons. The molecule has 3 nitrogen and oxygen atoms in total. The van der Waals surface area contributed by atoms with Gasteiger partial charge in [-0.05, 0) is 0 Å². The van der Waals surface area contributed by atoms with Gasteiger partial charge in [0.25, 0.3) is 0 Å². The van der Waals surface area contributed by atoms with E-state index < -0.39 is 36.9 Å². The standard InChI is InChI=1S/C10H11F3O3Se/c1-2-9(3-5-15-6-4-9)16-8(14)7-17-10(11,12)13/h3-6H,2,7H2,1H3. The molecule has 96 valence electrons.